The quantitative estimate of drug-likeness (QED) is 0.623. The number of alkyl halides is 1. The van der Waals surface area contributed by atoms with Crippen molar-refractivity contribution in [3.05, 3.63) is 24.0 Å². The van der Waals surface area contributed by atoms with Crippen LogP contribution in [0.5, 0.6) is 0 Å². The molecule has 2 N–H and O–H groups in total. The van der Waals surface area contributed by atoms with Gasteiger partial charge in [-0.2, -0.15) is 0 Å². The molecule has 6 heteroatoms. The van der Waals surface area contributed by atoms with Crippen LogP contribution < -0.4 is 10.6 Å². The average molecular weight is 287 g/mol. The van der Waals surface area contributed by atoms with Crippen molar-refractivity contribution in [3.63, 3.8) is 0 Å². The smallest absolute Gasteiger partial charge is 0.224 e. The van der Waals surface area contributed by atoms with Crippen LogP contribution in [-0.4, -0.2) is 17.7 Å². The lowest BCUT2D eigenvalue weighted by Gasteiger charge is -2.08. The van der Waals surface area contributed by atoms with Crippen LogP contribution in [0.25, 0.3) is 0 Å². The van der Waals surface area contributed by atoms with Gasteiger partial charge in [-0.25, -0.2) is 4.39 Å². The maximum Gasteiger partial charge on any atom is 0.224 e. The molecular formula is C13H16ClFN2O2. The summed E-state index contributed by atoms with van der Waals surface area (Å²) in [4.78, 5) is 22.5. The van der Waals surface area contributed by atoms with E-state index in [0.29, 0.717) is 24.4 Å². The Morgan fingerprint density at radius 1 is 1.26 bits per heavy atom. The molecule has 104 valence electrons. The highest BCUT2D eigenvalue weighted by Crippen LogP contribution is 2.19. The Morgan fingerprint density at radius 2 is 2.00 bits per heavy atom. The van der Waals surface area contributed by atoms with Crippen molar-refractivity contribution in [2.75, 3.05) is 16.5 Å². The van der Waals surface area contributed by atoms with Crippen molar-refractivity contribution >= 4 is 34.8 Å². The number of anilines is 2. The number of hydrogen-bond donors (Lipinski definition) is 2. The summed E-state index contributed by atoms with van der Waals surface area (Å²) in [5.74, 6) is -0.554. The Labute approximate surface area is 116 Å². The standard InChI is InChI=1S/C13H16ClFN2O2/c1-9(18)16-12-8-10(5-6-11(12)15)17-13(19)4-2-3-7-14/h5-6,8H,2-4,7H2,1H3,(H,16,18)(H,17,19). The Hall–Kier alpha value is -1.62. The summed E-state index contributed by atoms with van der Waals surface area (Å²) >= 11 is 5.52. The number of nitrogens with one attached hydrogen (secondary N) is 2. The lowest BCUT2D eigenvalue weighted by atomic mass is 10.2. The Bertz CT molecular complexity index is 466. The van der Waals surface area contributed by atoms with Gasteiger partial charge in [-0.05, 0) is 31.0 Å². The van der Waals surface area contributed by atoms with Crippen LogP contribution in [0.1, 0.15) is 26.2 Å². The molecule has 0 atom stereocenters. The van der Waals surface area contributed by atoms with Gasteiger partial charge in [-0.3, -0.25) is 9.59 Å². The minimum atomic E-state index is -0.546. The minimum Gasteiger partial charge on any atom is -0.326 e. The molecule has 0 heterocycles. The highest BCUT2D eigenvalue weighted by Gasteiger charge is 2.07. The molecule has 0 radical (unpaired) electrons. The first-order valence-electron chi connectivity index (χ1n) is 5.96. The SMILES string of the molecule is CC(=O)Nc1cc(NC(=O)CCCCCl)ccc1F. The van der Waals surface area contributed by atoms with Gasteiger partial charge in [0.2, 0.25) is 11.8 Å². The van der Waals surface area contributed by atoms with Crippen LogP contribution in [0, 0.1) is 5.82 Å². The molecule has 0 aliphatic rings. The van der Waals surface area contributed by atoms with Crippen LogP contribution in [0.4, 0.5) is 15.8 Å². The van der Waals surface area contributed by atoms with E-state index in [1.54, 1.807) is 0 Å². The summed E-state index contributed by atoms with van der Waals surface area (Å²) in [6, 6.07) is 4.02. The van der Waals surface area contributed by atoms with Crippen molar-refractivity contribution in [3.8, 4) is 0 Å². The molecule has 0 unspecified atom stereocenters. The third-order valence-corrected chi connectivity index (χ3v) is 2.62. The lowest BCUT2D eigenvalue weighted by Crippen LogP contribution is -2.12. The van der Waals surface area contributed by atoms with Gasteiger partial charge in [0.1, 0.15) is 5.82 Å². The molecule has 1 rings (SSSR count). The molecule has 19 heavy (non-hydrogen) atoms. The van der Waals surface area contributed by atoms with Gasteiger partial charge in [0.15, 0.2) is 0 Å². The van der Waals surface area contributed by atoms with Crippen molar-refractivity contribution in [2.24, 2.45) is 0 Å². The van der Waals surface area contributed by atoms with Gasteiger partial charge in [-0.1, -0.05) is 0 Å². The van der Waals surface area contributed by atoms with Crippen LogP contribution in [0.2, 0.25) is 0 Å². The van der Waals surface area contributed by atoms with E-state index < -0.39 is 5.82 Å². The van der Waals surface area contributed by atoms with E-state index in [-0.39, 0.29) is 17.5 Å². The minimum absolute atomic E-state index is 0.0473. The summed E-state index contributed by atoms with van der Waals surface area (Å²) in [5, 5.41) is 5.00. The zero-order valence-electron chi connectivity index (χ0n) is 10.6. The number of carbonyl (C=O) groups excluding carboxylic acids is 2. The van der Waals surface area contributed by atoms with Gasteiger partial charge in [-0.15, -0.1) is 11.6 Å². The number of amides is 2. The van der Waals surface area contributed by atoms with Crippen LogP contribution >= 0.6 is 11.6 Å². The Balaban J connectivity index is 2.63. The molecule has 1 aromatic carbocycles. The average Bonchev–Trinajstić information content (AvgIpc) is 2.33. The summed E-state index contributed by atoms with van der Waals surface area (Å²) in [7, 11) is 0. The Kier molecular flexibility index (Phi) is 6.29. The highest BCUT2D eigenvalue weighted by atomic mass is 35.5. The second-order valence-electron chi connectivity index (χ2n) is 4.07. The van der Waals surface area contributed by atoms with Gasteiger partial charge in [0, 0.05) is 24.9 Å². The summed E-state index contributed by atoms with van der Waals surface area (Å²) < 4.78 is 13.4. The number of unbranched alkanes of at least 4 members (excludes halogenated alkanes) is 1. The van der Waals surface area contributed by atoms with E-state index in [1.165, 1.54) is 25.1 Å². The van der Waals surface area contributed by atoms with Crippen molar-refractivity contribution in [1.29, 1.82) is 0 Å². The van der Waals surface area contributed by atoms with E-state index in [4.69, 9.17) is 11.6 Å². The number of rotatable bonds is 6. The largest absolute Gasteiger partial charge is 0.326 e. The first-order valence-corrected chi connectivity index (χ1v) is 6.49. The predicted molar refractivity (Wildman–Crippen MR) is 73.9 cm³/mol. The van der Waals surface area contributed by atoms with Gasteiger partial charge in [0.25, 0.3) is 0 Å². The topological polar surface area (TPSA) is 58.2 Å². The monoisotopic (exact) mass is 286 g/mol. The third-order valence-electron chi connectivity index (χ3n) is 2.35. The first-order chi connectivity index (χ1) is 9.02. The molecule has 0 spiro atoms. The van der Waals surface area contributed by atoms with Crippen molar-refractivity contribution in [2.45, 2.75) is 26.2 Å². The molecule has 0 saturated carbocycles. The van der Waals surface area contributed by atoms with Crippen LogP contribution in [0.3, 0.4) is 0 Å². The fourth-order valence-corrected chi connectivity index (χ4v) is 1.68. The van der Waals surface area contributed by atoms with Crippen LogP contribution in [0.15, 0.2) is 18.2 Å². The highest BCUT2D eigenvalue weighted by molar-refractivity contribution is 6.17. The molecule has 2 amide bonds. The number of halogens is 2. The van der Waals surface area contributed by atoms with E-state index in [9.17, 15) is 14.0 Å². The summed E-state index contributed by atoms with van der Waals surface area (Å²) in [6.45, 7) is 1.29. The van der Waals surface area contributed by atoms with E-state index >= 15 is 0 Å². The second-order valence-corrected chi connectivity index (χ2v) is 4.45. The fourth-order valence-electron chi connectivity index (χ4n) is 1.49. The van der Waals surface area contributed by atoms with Crippen molar-refractivity contribution in [1.82, 2.24) is 0 Å². The molecule has 0 saturated heterocycles. The van der Waals surface area contributed by atoms with Crippen molar-refractivity contribution < 1.29 is 14.0 Å². The van der Waals surface area contributed by atoms with E-state index in [1.807, 2.05) is 0 Å². The van der Waals surface area contributed by atoms with E-state index in [0.717, 1.165) is 6.42 Å². The van der Waals surface area contributed by atoms with Gasteiger partial charge >= 0.3 is 0 Å². The normalized spacial score (nSPS) is 10.1. The van der Waals surface area contributed by atoms with Gasteiger partial charge in [0.05, 0.1) is 5.69 Å². The van der Waals surface area contributed by atoms with Crippen LogP contribution in [-0.2, 0) is 9.59 Å². The predicted octanol–water partition coefficient (Wildman–Crippen LogP) is 3.13. The molecule has 0 bridgehead atoms. The molecule has 0 aliphatic carbocycles. The maximum atomic E-state index is 13.4. The molecule has 0 fully saturated rings. The molecule has 0 aromatic heterocycles. The number of benzene rings is 1. The second kappa shape index (κ2) is 7.74. The van der Waals surface area contributed by atoms with E-state index in [2.05, 4.69) is 10.6 Å². The number of hydrogen-bond acceptors (Lipinski definition) is 2. The summed E-state index contributed by atoms with van der Waals surface area (Å²) in [6.07, 6.45) is 1.84. The zero-order chi connectivity index (χ0) is 14.3. The molecule has 1 aromatic rings. The molecule has 0 aliphatic heterocycles. The molecule has 4 nitrogen and oxygen atoms in total. The van der Waals surface area contributed by atoms with Gasteiger partial charge < -0.3 is 10.6 Å². The zero-order valence-corrected chi connectivity index (χ0v) is 11.4. The maximum absolute atomic E-state index is 13.4. The first kappa shape index (κ1) is 15.4. The fraction of sp³-hybridized carbons (Fsp3) is 0.385. The Morgan fingerprint density at radius 3 is 2.63 bits per heavy atom. The number of carbonyl (C=O) groups is 2. The third kappa shape index (κ3) is 5.70. The summed E-state index contributed by atoms with van der Waals surface area (Å²) in [5.41, 5.74) is 0.493. The molecular weight excluding hydrogens is 271 g/mol. The lowest BCUT2D eigenvalue weighted by molar-refractivity contribution is -0.116.